The number of benzene rings is 3. The normalized spacial score (nSPS) is 11.2. The van der Waals surface area contributed by atoms with Crippen molar-refractivity contribution in [3.05, 3.63) is 88.9 Å². The zero-order valence-corrected chi connectivity index (χ0v) is 18.4. The lowest BCUT2D eigenvalue weighted by Gasteiger charge is -2.25. The number of sulfonamides is 1. The second kappa shape index (κ2) is 9.32. The summed E-state index contributed by atoms with van der Waals surface area (Å²) in [5.74, 6) is -0.463. The van der Waals surface area contributed by atoms with Gasteiger partial charge in [0.1, 0.15) is 6.54 Å². The Labute approximate surface area is 182 Å². The molecule has 3 aromatic carbocycles. The first kappa shape index (κ1) is 21.9. The van der Waals surface area contributed by atoms with Gasteiger partial charge in [0.15, 0.2) is 0 Å². The Morgan fingerprint density at radius 1 is 0.967 bits per heavy atom. The maximum absolute atomic E-state index is 13.4. The summed E-state index contributed by atoms with van der Waals surface area (Å²) in [4.78, 5) is 12.8. The molecule has 30 heavy (non-hydrogen) atoms. The molecule has 1 N–H and O–H groups in total. The van der Waals surface area contributed by atoms with Gasteiger partial charge in [-0.3, -0.25) is 9.10 Å². The Bertz CT molecular complexity index is 1130. The van der Waals surface area contributed by atoms with E-state index in [9.17, 15) is 13.2 Å². The number of halogens is 1. The van der Waals surface area contributed by atoms with Crippen LogP contribution in [0.25, 0.3) is 0 Å². The van der Waals surface area contributed by atoms with Crippen LogP contribution in [-0.4, -0.2) is 20.9 Å². The fourth-order valence-corrected chi connectivity index (χ4v) is 4.67. The number of carbonyl (C=O) groups is 1. The van der Waals surface area contributed by atoms with E-state index in [1.165, 1.54) is 12.1 Å². The smallest absolute Gasteiger partial charge is 0.264 e. The number of carbonyl (C=O) groups excluding carboxylic acids is 1. The van der Waals surface area contributed by atoms with Gasteiger partial charge in [0.2, 0.25) is 5.91 Å². The van der Waals surface area contributed by atoms with E-state index in [2.05, 4.69) is 5.32 Å². The highest BCUT2D eigenvalue weighted by molar-refractivity contribution is 7.92. The van der Waals surface area contributed by atoms with Crippen LogP contribution in [0.5, 0.6) is 0 Å². The molecule has 0 bridgehead atoms. The van der Waals surface area contributed by atoms with Crippen LogP contribution in [0.1, 0.15) is 18.1 Å². The van der Waals surface area contributed by atoms with E-state index in [1.54, 1.807) is 48.5 Å². The van der Waals surface area contributed by atoms with Crippen LogP contribution < -0.4 is 9.62 Å². The predicted octanol–water partition coefficient (Wildman–Crippen LogP) is 5.04. The summed E-state index contributed by atoms with van der Waals surface area (Å²) < 4.78 is 27.7. The first-order valence-electron chi connectivity index (χ1n) is 9.54. The van der Waals surface area contributed by atoms with Crippen LogP contribution in [0.3, 0.4) is 0 Å². The second-order valence-electron chi connectivity index (χ2n) is 6.87. The molecule has 0 atom stereocenters. The van der Waals surface area contributed by atoms with E-state index < -0.39 is 22.5 Å². The minimum absolute atomic E-state index is 0.0909. The Kier molecular flexibility index (Phi) is 6.80. The standard InChI is InChI=1S/C23H23ClN2O3S/c1-3-18-10-12-19(13-11-18)25-23(27)16-26(22-7-5-4-6-21(22)24)30(28,29)20-14-8-17(2)9-15-20/h4-15H,3,16H2,1-2H3,(H,25,27). The molecule has 7 heteroatoms. The average molecular weight is 443 g/mol. The van der Waals surface area contributed by atoms with Crippen molar-refractivity contribution in [2.24, 2.45) is 0 Å². The number of nitrogens with one attached hydrogen (secondary N) is 1. The molecule has 0 heterocycles. The Morgan fingerprint density at radius 2 is 1.60 bits per heavy atom. The minimum atomic E-state index is -4.00. The molecule has 0 aliphatic heterocycles. The summed E-state index contributed by atoms with van der Waals surface area (Å²) in [5, 5.41) is 3.00. The molecular formula is C23H23ClN2O3S. The Hall–Kier alpha value is -2.83. The monoisotopic (exact) mass is 442 g/mol. The highest BCUT2D eigenvalue weighted by Crippen LogP contribution is 2.30. The van der Waals surface area contributed by atoms with Crippen molar-refractivity contribution < 1.29 is 13.2 Å². The molecule has 0 saturated carbocycles. The lowest BCUT2D eigenvalue weighted by molar-refractivity contribution is -0.114. The Morgan fingerprint density at radius 3 is 2.20 bits per heavy atom. The van der Waals surface area contributed by atoms with Crippen LogP contribution in [-0.2, 0) is 21.2 Å². The summed E-state index contributed by atoms with van der Waals surface area (Å²) in [5.41, 5.74) is 2.93. The van der Waals surface area contributed by atoms with Gasteiger partial charge < -0.3 is 5.32 Å². The SMILES string of the molecule is CCc1ccc(NC(=O)CN(c2ccccc2Cl)S(=O)(=O)c2ccc(C)cc2)cc1. The fourth-order valence-electron chi connectivity index (χ4n) is 2.95. The fraction of sp³-hybridized carbons (Fsp3) is 0.174. The van der Waals surface area contributed by atoms with Crippen molar-refractivity contribution in [3.63, 3.8) is 0 Å². The quantitative estimate of drug-likeness (QED) is 0.557. The summed E-state index contributed by atoms with van der Waals surface area (Å²) in [6.07, 6.45) is 0.892. The van der Waals surface area contributed by atoms with Gasteiger partial charge in [-0.05, 0) is 55.3 Å². The number of hydrogen-bond donors (Lipinski definition) is 1. The van der Waals surface area contributed by atoms with E-state index in [-0.39, 0.29) is 15.6 Å². The molecule has 0 radical (unpaired) electrons. The van der Waals surface area contributed by atoms with Crippen LogP contribution >= 0.6 is 11.6 Å². The van der Waals surface area contributed by atoms with Gasteiger partial charge in [0.25, 0.3) is 10.0 Å². The predicted molar refractivity (Wildman–Crippen MR) is 122 cm³/mol. The average Bonchev–Trinajstić information content (AvgIpc) is 2.73. The van der Waals surface area contributed by atoms with Crippen LogP contribution in [0.2, 0.25) is 5.02 Å². The number of rotatable bonds is 7. The van der Waals surface area contributed by atoms with Crippen molar-refractivity contribution in [2.75, 3.05) is 16.2 Å². The first-order chi connectivity index (χ1) is 14.3. The maximum Gasteiger partial charge on any atom is 0.264 e. The third kappa shape index (κ3) is 5.01. The molecule has 5 nitrogen and oxygen atoms in total. The van der Waals surface area contributed by atoms with Crippen LogP contribution in [0.15, 0.2) is 77.7 Å². The van der Waals surface area contributed by atoms with E-state index in [4.69, 9.17) is 11.6 Å². The zero-order chi connectivity index (χ0) is 21.7. The van der Waals surface area contributed by atoms with Crippen LogP contribution in [0, 0.1) is 6.92 Å². The van der Waals surface area contributed by atoms with Crippen molar-refractivity contribution in [2.45, 2.75) is 25.2 Å². The lowest BCUT2D eigenvalue weighted by atomic mass is 10.1. The zero-order valence-electron chi connectivity index (χ0n) is 16.8. The highest BCUT2D eigenvalue weighted by atomic mass is 35.5. The van der Waals surface area contributed by atoms with E-state index in [1.807, 2.05) is 26.0 Å². The molecule has 0 aliphatic carbocycles. The maximum atomic E-state index is 13.4. The van der Waals surface area contributed by atoms with Gasteiger partial charge in [-0.15, -0.1) is 0 Å². The number of aryl methyl sites for hydroxylation is 2. The molecule has 0 saturated heterocycles. The second-order valence-corrected chi connectivity index (χ2v) is 9.14. The van der Waals surface area contributed by atoms with Gasteiger partial charge >= 0.3 is 0 Å². The van der Waals surface area contributed by atoms with Gasteiger partial charge in [-0.1, -0.05) is 60.5 Å². The summed E-state index contributed by atoms with van der Waals surface area (Å²) >= 11 is 6.28. The molecule has 0 aliphatic rings. The van der Waals surface area contributed by atoms with Gasteiger partial charge in [-0.2, -0.15) is 0 Å². The third-order valence-electron chi connectivity index (χ3n) is 4.66. The van der Waals surface area contributed by atoms with Crippen molar-refractivity contribution in [3.8, 4) is 0 Å². The minimum Gasteiger partial charge on any atom is -0.325 e. The lowest BCUT2D eigenvalue weighted by Crippen LogP contribution is -2.38. The molecule has 1 amide bonds. The number of nitrogens with zero attached hydrogens (tertiary/aromatic N) is 1. The first-order valence-corrected chi connectivity index (χ1v) is 11.4. The van der Waals surface area contributed by atoms with E-state index in [0.29, 0.717) is 5.69 Å². The largest absolute Gasteiger partial charge is 0.325 e. The molecule has 0 unspecified atom stereocenters. The topological polar surface area (TPSA) is 66.5 Å². The summed E-state index contributed by atoms with van der Waals surface area (Å²) in [6, 6.07) is 20.5. The molecule has 3 rings (SSSR count). The van der Waals surface area contributed by atoms with E-state index >= 15 is 0 Å². The Balaban J connectivity index is 1.92. The number of anilines is 2. The molecule has 156 valence electrons. The van der Waals surface area contributed by atoms with Gasteiger partial charge in [-0.25, -0.2) is 8.42 Å². The molecular weight excluding hydrogens is 420 g/mol. The van der Waals surface area contributed by atoms with Crippen molar-refractivity contribution in [1.82, 2.24) is 0 Å². The van der Waals surface area contributed by atoms with E-state index in [0.717, 1.165) is 21.9 Å². The number of hydrogen-bond acceptors (Lipinski definition) is 3. The molecule has 0 spiro atoms. The summed E-state index contributed by atoms with van der Waals surface area (Å²) in [6.45, 7) is 3.51. The highest BCUT2D eigenvalue weighted by Gasteiger charge is 2.28. The van der Waals surface area contributed by atoms with Gasteiger partial charge in [0, 0.05) is 5.69 Å². The number of para-hydroxylation sites is 1. The van der Waals surface area contributed by atoms with Gasteiger partial charge in [0.05, 0.1) is 15.6 Å². The van der Waals surface area contributed by atoms with Crippen molar-refractivity contribution in [1.29, 1.82) is 0 Å². The third-order valence-corrected chi connectivity index (χ3v) is 6.76. The molecule has 0 fully saturated rings. The summed E-state index contributed by atoms with van der Waals surface area (Å²) in [7, 11) is -4.00. The number of amides is 1. The van der Waals surface area contributed by atoms with Crippen LogP contribution in [0.4, 0.5) is 11.4 Å². The van der Waals surface area contributed by atoms with Crippen molar-refractivity contribution >= 4 is 38.9 Å². The molecule has 0 aromatic heterocycles. The molecule has 3 aromatic rings.